The fourth-order valence-corrected chi connectivity index (χ4v) is 3.16. The van der Waals surface area contributed by atoms with E-state index in [1.807, 2.05) is 24.3 Å². The second-order valence-corrected chi connectivity index (χ2v) is 6.12. The summed E-state index contributed by atoms with van der Waals surface area (Å²) in [7, 11) is 0. The molecule has 0 bridgehead atoms. The number of hydrogen-bond donors (Lipinski definition) is 1. The molecule has 21 heavy (non-hydrogen) atoms. The lowest BCUT2D eigenvalue weighted by Gasteiger charge is -2.25. The van der Waals surface area contributed by atoms with Crippen LogP contribution in [0.4, 0.5) is 4.39 Å². The Morgan fingerprint density at radius 3 is 2.95 bits per heavy atom. The number of hydrogen-bond acceptors (Lipinski definition) is 2. The van der Waals surface area contributed by atoms with Crippen molar-refractivity contribution in [3.63, 3.8) is 0 Å². The Labute approximate surface area is 131 Å². The zero-order valence-electron chi connectivity index (χ0n) is 11.4. The molecule has 1 aliphatic heterocycles. The number of ketones is 1. The maximum Gasteiger partial charge on any atom is 0.146 e. The molecule has 0 radical (unpaired) electrons. The standard InChI is InChI=1S/C17H15BrFNO/c18-16-6-5-13(19)7-12(16)8-17(21)15-10-20-9-11-3-1-2-4-14(11)15/h1-7,15,20H,8-10H2. The Hall–Kier alpha value is -1.52. The van der Waals surface area contributed by atoms with Gasteiger partial charge in [-0.25, -0.2) is 4.39 Å². The highest BCUT2D eigenvalue weighted by Crippen LogP contribution is 2.27. The zero-order chi connectivity index (χ0) is 14.8. The van der Waals surface area contributed by atoms with Crippen LogP contribution in [0.15, 0.2) is 46.9 Å². The highest BCUT2D eigenvalue weighted by Gasteiger charge is 2.26. The maximum absolute atomic E-state index is 13.3. The van der Waals surface area contributed by atoms with Crippen LogP contribution in [0.25, 0.3) is 0 Å². The van der Waals surface area contributed by atoms with Crippen LogP contribution in [0.1, 0.15) is 22.6 Å². The van der Waals surface area contributed by atoms with Crippen molar-refractivity contribution in [1.29, 1.82) is 0 Å². The van der Waals surface area contributed by atoms with Crippen LogP contribution >= 0.6 is 15.9 Å². The summed E-state index contributed by atoms with van der Waals surface area (Å²) in [6, 6.07) is 12.4. The highest BCUT2D eigenvalue weighted by atomic mass is 79.9. The van der Waals surface area contributed by atoms with E-state index in [9.17, 15) is 9.18 Å². The fraction of sp³-hybridized carbons (Fsp3) is 0.235. The van der Waals surface area contributed by atoms with Gasteiger partial charge in [-0.05, 0) is 34.9 Å². The van der Waals surface area contributed by atoms with Gasteiger partial charge in [0, 0.05) is 24.0 Å². The van der Waals surface area contributed by atoms with Gasteiger partial charge in [0.05, 0.1) is 5.92 Å². The molecular formula is C17H15BrFNO. The first kappa shape index (κ1) is 14.4. The van der Waals surface area contributed by atoms with Crippen molar-refractivity contribution in [1.82, 2.24) is 5.32 Å². The molecule has 2 aromatic carbocycles. The molecule has 4 heteroatoms. The molecule has 0 spiro atoms. The van der Waals surface area contributed by atoms with Crippen molar-refractivity contribution >= 4 is 21.7 Å². The van der Waals surface area contributed by atoms with E-state index in [4.69, 9.17) is 0 Å². The predicted molar refractivity (Wildman–Crippen MR) is 83.7 cm³/mol. The van der Waals surface area contributed by atoms with E-state index in [1.165, 1.54) is 17.7 Å². The van der Waals surface area contributed by atoms with E-state index in [1.54, 1.807) is 6.07 Å². The average molecular weight is 348 g/mol. The van der Waals surface area contributed by atoms with Gasteiger partial charge in [-0.1, -0.05) is 40.2 Å². The van der Waals surface area contributed by atoms with Gasteiger partial charge in [-0.15, -0.1) is 0 Å². The summed E-state index contributed by atoms with van der Waals surface area (Å²) in [4.78, 5) is 12.6. The number of halogens is 2. The van der Waals surface area contributed by atoms with Gasteiger partial charge >= 0.3 is 0 Å². The Morgan fingerprint density at radius 1 is 1.29 bits per heavy atom. The van der Waals surface area contributed by atoms with Crippen LogP contribution in [-0.2, 0) is 17.8 Å². The SMILES string of the molecule is O=C(Cc1cc(F)ccc1Br)C1CNCc2ccccc21. The predicted octanol–water partition coefficient (Wildman–Crippen LogP) is 3.59. The Bertz CT molecular complexity index is 686. The molecule has 3 rings (SSSR count). The molecule has 1 heterocycles. The van der Waals surface area contributed by atoms with E-state index < -0.39 is 0 Å². The molecule has 0 aliphatic carbocycles. The summed E-state index contributed by atoms with van der Waals surface area (Å²) < 4.78 is 14.1. The minimum Gasteiger partial charge on any atom is -0.312 e. The molecule has 1 atom stereocenters. The number of fused-ring (bicyclic) bond motifs is 1. The molecule has 1 unspecified atom stereocenters. The molecule has 0 fully saturated rings. The monoisotopic (exact) mass is 347 g/mol. The van der Waals surface area contributed by atoms with Crippen molar-refractivity contribution in [3.05, 3.63) is 69.4 Å². The van der Waals surface area contributed by atoms with Gasteiger partial charge in [-0.2, -0.15) is 0 Å². The third-order valence-electron chi connectivity index (χ3n) is 3.86. The summed E-state index contributed by atoms with van der Waals surface area (Å²) in [6.45, 7) is 1.44. The quantitative estimate of drug-likeness (QED) is 0.919. The molecule has 1 N–H and O–H groups in total. The van der Waals surface area contributed by atoms with E-state index in [0.29, 0.717) is 12.1 Å². The molecule has 2 aromatic rings. The number of nitrogens with one attached hydrogen (secondary N) is 1. The van der Waals surface area contributed by atoms with Crippen LogP contribution in [-0.4, -0.2) is 12.3 Å². The largest absolute Gasteiger partial charge is 0.312 e. The lowest BCUT2D eigenvalue weighted by Crippen LogP contribution is -2.33. The highest BCUT2D eigenvalue weighted by molar-refractivity contribution is 9.10. The van der Waals surface area contributed by atoms with E-state index in [2.05, 4.69) is 21.2 Å². The van der Waals surface area contributed by atoms with Gasteiger partial charge in [0.15, 0.2) is 0 Å². The first-order chi connectivity index (χ1) is 10.1. The molecule has 0 amide bonds. The molecule has 2 nitrogen and oxygen atoms in total. The number of carbonyl (C=O) groups excluding carboxylic acids is 1. The molecule has 0 aromatic heterocycles. The van der Waals surface area contributed by atoms with Crippen LogP contribution in [0.5, 0.6) is 0 Å². The second kappa shape index (κ2) is 6.08. The van der Waals surface area contributed by atoms with Crippen LogP contribution < -0.4 is 5.32 Å². The Balaban J connectivity index is 1.85. The van der Waals surface area contributed by atoms with Gasteiger partial charge in [0.2, 0.25) is 0 Å². The van der Waals surface area contributed by atoms with Crippen molar-refractivity contribution in [2.24, 2.45) is 0 Å². The van der Waals surface area contributed by atoms with Crippen LogP contribution in [0, 0.1) is 5.82 Å². The van der Waals surface area contributed by atoms with Crippen molar-refractivity contribution < 1.29 is 9.18 Å². The minimum atomic E-state index is -0.317. The second-order valence-electron chi connectivity index (χ2n) is 5.26. The molecule has 1 aliphatic rings. The molecule has 0 saturated carbocycles. The Kier molecular flexibility index (Phi) is 4.17. The van der Waals surface area contributed by atoms with Gasteiger partial charge in [0.25, 0.3) is 0 Å². The summed E-state index contributed by atoms with van der Waals surface area (Å²) in [5.74, 6) is -0.366. The first-order valence-electron chi connectivity index (χ1n) is 6.90. The lowest BCUT2D eigenvalue weighted by atomic mass is 9.85. The smallest absolute Gasteiger partial charge is 0.146 e. The Morgan fingerprint density at radius 2 is 2.10 bits per heavy atom. The third kappa shape index (κ3) is 3.06. The number of carbonyl (C=O) groups is 1. The molecule has 0 saturated heterocycles. The maximum atomic E-state index is 13.3. The fourth-order valence-electron chi connectivity index (χ4n) is 2.77. The van der Waals surface area contributed by atoms with Gasteiger partial charge in [-0.3, -0.25) is 4.79 Å². The van der Waals surface area contributed by atoms with Crippen molar-refractivity contribution in [2.75, 3.05) is 6.54 Å². The van der Waals surface area contributed by atoms with Crippen LogP contribution in [0.2, 0.25) is 0 Å². The topological polar surface area (TPSA) is 29.1 Å². The summed E-state index contributed by atoms with van der Waals surface area (Å²) in [5, 5.41) is 3.28. The van der Waals surface area contributed by atoms with Gasteiger partial charge in [0.1, 0.15) is 11.6 Å². The molecule has 108 valence electrons. The minimum absolute atomic E-state index is 0.112. The van der Waals surface area contributed by atoms with E-state index >= 15 is 0 Å². The molecular weight excluding hydrogens is 333 g/mol. The van der Waals surface area contributed by atoms with Gasteiger partial charge < -0.3 is 5.32 Å². The summed E-state index contributed by atoms with van der Waals surface area (Å²) in [5.41, 5.74) is 2.96. The summed E-state index contributed by atoms with van der Waals surface area (Å²) in [6.07, 6.45) is 0.235. The number of Topliss-reactive ketones (excluding diaryl/α,β-unsaturated/α-hetero) is 1. The third-order valence-corrected chi connectivity index (χ3v) is 4.63. The normalized spacial score (nSPS) is 17.3. The zero-order valence-corrected chi connectivity index (χ0v) is 13.0. The average Bonchev–Trinajstić information content (AvgIpc) is 2.50. The first-order valence-corrected chi connectivity index (χ1v) is 7.69. The van der Waals surface area contributed by atoms with Crippen molar-refractivity contribution in [2.45, 2.75) is 18.9 Å². The number of benzene rings is 2. The summed E-state index contributed by atoms with van der Waals surface area (Å²) >= 11 is 3.38. The van der Waals surface area contributed by atoms with E-state index in [-0.39, 0.29) is 23.9 Å². The number of rotatable bonds is 3. The van der Waals surface area contributed by atoms with Crippen LogP contribution in [0.3, 0.4) is 0 Å². The van der Waals surface area contributed by atoms with Crippen molar-refractivity contribution in [3.8, 4) is 0 Å². The lowest BCUT2D eigenvalue weighted by molar-refractivity contribution is -0.119. The van der Waals surface area contributed by atoms with E-state index in [0.717, 1.165) is 16.6 Å².